The van der Waals surface area contributed by atoms with Gasteiger partial charge in [0.1, 0.15) is 11.2 Å². The monoisotopic (exact) mass is 401 g/mol. The molecule has 140 valence electrons. The normalized spacial score (nSPS) is 11.7. The number of fused-ring (bicyclic) bond motifs is 1. The van der Waals surface area contributed by atoms with Crippen LogP contribution in [0.2, 0.25) is 5.02 Å². The van der Waals surface area contributed by atoms with E-state index in [1.165, 1.54) is 18.3 Å². The van der Waals surface area contributed by atoms with Crippen molar-refractivity contribution >= 4 is 22.5 Å². The van der Waals surface area contributed by atoms with E-state index in [1.54, 1.807) is 36.4 Å². The molecule has 0 unspecified atom stereocenters. The number of hydrogen-bond donors (Lipinski definition) is 0. The Morgan fingerprint density at radius 2 is 1.71 bits per heavy atom. The van der Waals surface area contributed by atoms with Gasteiger partial charge in [-0.25, -0.2) is 0 Å². The summed E-state index contributed by atoms with van der Waals surface area (Å²) in [6.45, 7) is 0. The average Bonchev–Trinajstić information content (AvgIpc) is 2.69. The first kappa shape index (κ1) is 18.2. The minimum Gasteiger partial charge on any atom is -0.267 e. The first-order valence-corrected chi connectivity index (χ1v) is 8.54. The molecule has 0 fully saturated rings. The fraction of sp³-hybridized carbons (Fsp3) is 0.0500. The van der Waals surface area contributed by atoms with E-state index in [4.69, 9.17) is 11.6 Å². The Hall–Kier alpha value is -3.19. The van der Waals surface area contributed by atoms with Crippen molar-refractivity contribution < 1.29 is 13.2 Å². The second kappa shape index (κ2) is 6.76. The number of rotatable bonds is 2. The Bertz CT molecular complexity index is 1230. The Kier molecular flexibility index (Phi) is 4.39. The van der Waals surface area contributed by atoms with E-state index in [0.717, 1.165) is 16.8 Å². The molecule has 4 nitrogen and oxygen atoms in total. The van der Waals surface area contributed by atoms with Gasteiger partial charge in [0, 0.05) is 16.8 Å². The molecule has 0 aliphatic heterocycles. The number of hydrogen-bond acceptors (Lipinski definition) is 3. The van der Waals surface area contributed by atoms with E-state index in [1.807, 2.05) is 0 Å². The van der Waals surface area contributed by atoms with Crippen molar-refractivity contribution in [1.29, 1.82) is 0 Å². The highest BCUT2D eigenvalue weighted by molar-refractivity contribution is 6.30. The van der Waals surface area contributed by atoms with Crippen LogP contribution < -0.4 is 5.56 Å². The average molecular weight is 402 g/mol. The minimum atomic E-state index is -4.50. The van der Waals surface area contributed by atoms with E-state index < -0.39 is 17.3 Å². The van der Waals surface area contributed by atoms with Crippen molar-refractivity contribution in [1.82, 2.24) is 14.8 Å². The maximum atomic E-state index is 13.1. The quantitative estimate of drug-likeness (QED) is 0.468. The van der Waals surface area contributed by atoms with Crippen LogP contribution in [-0.2, 0) is 6.18 Å². The number of pyridine rings is 1. The fourth-order valence-corrected chi connectivity index (χ4v) is 2.99. The Labute approximate surface area is 161 Å². The lowest BCUT2D eigenvalue weighted by Crippen LogP contribution is -2.22. The zero-order valence-corrected chi connectivity index (χ0v) is 14.9. The SMILES string of the molecule is O=c1c2cccnc2c(-c2cccc(C(F)(F)F)c2)nn1-c1ccc(Cl)cc1. The van der Waals surface area contributed by atoms with Crippen LogP contribution in [0.4, 0.5) is 13.2 Å². The van der Waals surface area contributed by atoms with Crippen LogP contribution in [0.5, 0.6) is 0 Å². The molecule has 0 saturated heterocycles. The molecule has 0 atom stereocenters. The zero-order chi connectivity index (χ0) is 19.9. The molecule has 0 N–H and O–H groups in total. The van der Waals surface area contributed by atoms with Crippen LogP contribution in [-0.4, -0.2) is 14.8 Å². The van der Waals surface area contributed by atoms with Crippen LogP contribution in [0.3, 0.4) is 0 Å². The Morgan fingerprint density at radius 1 is 0.964 bits per heavy atom. The first-order valence-electron chi connectivity index (χ1n) is 8.16. The summed E-state index contributed by atoms with van der Waals surface area (Å²) in [4.78, 5) is 17.1. The second-order valence-electron chi connectivity index (χ2n) is 6.02. The van der Waals surface area contributed by atoms with Crippen molar-refractivity contribution in [2.45, 2.75) is 6.18 Å². The molecule has 28 heavy (non-hydrogen) atoms. The lowest BCUT2D eigenvalue weighted by atomic mass is 10.1. The predicted octanol–water partition coefficient (Wildman–Crippen LogP) is 5.12. The van der Waals surface area contributed by atoms with Gasteiger partial charge in [-0.05, 0) is 48.5 Å². The maximum absolute atomic E-state index is 13.1. The van der Waals surface area contributed by atoms with Gasteiger partial charge < -0.3 is 0 Å². The molecule has 2 aromatic heterocycles. The number of aromatic nitrogens is 3. The molecular weight excluding hydrogens is 391 g/mol. The third kappa shape index (κ3) is 3.25. The summed E-state index contributed by atoms with van der Waals surface area (Å²) in [6, 6.07) is 14.3. The smallest absolute Gasteiger partial charge is 0.267 e. The lowest BCUT2D eigenvalue weighted by molar-refractivity contribution is -0.137. The van der Waals surface area contributed by atoms with Crippen LogP contribution in [0, 0.1) is 0 Å². The van der Waals surface area contributed by atoms with Gasteiger partial charge in [0.25, 0.3) is 5.56 Å². The summed E-state index contributed by atoms with van der Waals surface area (Å²) in [5, 5.41) is 5.06. The molecule has 4 rings (SSSR count). The van der Waals surface area contributed by atoms with Gasteiger partial charge in [-0.3, -0.25) is 9.78 Å². The van der Waals surface area contributed by atoms with Gasteiger partial charge >= 0.3 is 6.18 Å². The Morgan fingerprint density at radius 3 is 2.43 bits per heavy atom. The highest BCUT2D eigenvalue weighted by atomic mass is 35.5. The molecule has 0 saturated carbocycles. The summed E-state index contributed by atoms with van der Waals surface area (Å²) in [7, 11) is 0. The van der Waals surface area contributed by atoms with E-state index >= 15 is 0 Å². The van der Waals surface area contributed by atoms with Gasteiger partial charge in [0.15, 0.2) is 0 Å². The molecule has 4 aromatic rings. The summed E-state index contributed by atoms with van der Waals surface area (Å²) in [5.41, 5.74) is -0.177. The summed E-state index contributed by atoms with van der Waals surface area (Å²) < 4.78 is 40.6. The standard InChI is InChI=1S/C20H11ClF3N3O/c21-14-6-8-15(9-7-14)27-19(28)16-5-2-10-25-18(16)17(26-27)12-3-1-4-13(11-12)20(22,23)24/h1-11H. The summed E-state index contributed by atoms with van der Waals surface area (Å²) in [5.74, 6) is 0. The molecule has 0 radical (unpaired) electrons. The van der Waals surface area contributed by atoms with Gasteiger partial charge in [-0.1, -0.05) is 23.7 Å². The van der Waals surface area contributed by atoms with Gasteiger partial charge in [-0.15, -0.1) is 0 Å². The third-order valence-electron chi connectivity index (χ3n) is 4.19. The number of benzene rings is 2. The first-order chi connectivity index (χ1) is 13.3. The number of halogens is 4. The van der Waals surface area contributed by atoms with E-state index in [-0.39, 0.29) is 22.2 Å². The molecule has 0 amide bonds. The van der Waals surface area contributed by atoms with Crippen molar-refractivity contribution in [3.05, 3.63) is 87.8 Å². The van der Waals surface area contributed by atoms with Gasteiger partial charge in [0.05, 0.1) is 16.6 Å². The van der Waals surface area contributed by atoms with Crippen LogP contribution >= 0.6 is 11.6 Å². The maximum Gasteiger partial charge on any atom is 0.416 e. The molecule has 0 bridgehead atoms. The molecule has 2 heterocycles. The molecule has 0 spiro atoms. The van der Waals surface area contributed by atoms with E-state index in [9.17, 15) is 18.0 Å². The topological polar surface area (TPSA) is 47.8 Å². The van der Waals surface area contributed by atoms with E-state index in [2.05, 4.69) is 10.1 Å². The lowest BCUT2D eigenvalue weighted by Gasteiger charge is -2.12. The Balaban J connectivity index is 2.02. The predicted molar refractivity (Wildman–Crippen MR) is 101 cm³/mol. The van der Waals surface area contributed by atoms with Crippen molar-refractivity contribution in [2.24, 2.45) is 0 Å². The number of alkyl halides is 3. The van der Waals surface area contributed by atoms with Crippen LogP contribution in [0.1, 0.15) is 5.56 Å². The second-order valence-corrected chi connectivity index (χ2v) is 6.46. The largest absolute Gasteiger partial charge is 0.416 e. The van der Waals surface area contributed by atoms with Gasteiger partial charge in [-0.2, -0.15) is 23.0 Å². The van der Waals surface area contributed by atoms with E-state index in [0.29, 0.717) is 10.7 Å². The molecule has 2 aromatic carbocycles. The minimum absolute atomic E-state index is 0.177. The van der Waals surface area contributed by atoms with Gasteiger partial charge in [0.2, 0.25) is 0 Å². The van der Waals surface area contributed by atoms with Crippen LogP contribution in [0.25, 0.3) is 27.8 Å². The molecule has 8 heteroatoms. The zero-order valence-electron chi connectivity index (χ0n) is 14.1. The van der Waals surface area contributed by atoms with Crippen molar-refractivity contribution in [3.8, 4) is 16.9 Å². The highest BCUT2D eigenvalue weighted by Gasteiger charge is 2.30. The fourth-order valence-electron chi connectivity index (χ4n) is 2.87. The molecule has 0 aliphatic carbocycles. The highest BCUT2D eigenvalue weighted by Crippen LogP contribution is 2.33. The summed E-state index contributed by atoms with van der Waals surface area (Å²) >= 11 is 5.90. The molecule has 0 aliphatic rings. The third-order valence-corrected chi connectivity index (χ3v) is 4.44. The van der Waals surface area contributed by atoms with Crippen molar-refractivity contribution in [3.63, 3.8) is 0 Å². The van der Waals surface area contributed by atoms with Crippen LogP contribution in [0.15, 0.2) is 71.7 Å². The number of nitrogens with zero attached hydrogens (tertiary/aromatic N) is 3. The molecular formula is C20H11ClF3N3O. The van der Waals surface area contributed by atoms with Crippen molar-refractivity contribution in [2.75, 3.05) is 0 Å². The summed E-state index contributed by atoms with van der Waals surface area (Å²) in [6.07, 6.45) is -3.03.